The summed E-state index contributed by atoms with van der Waals surface area (Å²) >= 11 is 1.87. The molecule has 1 aromatic rings. The molecule has 19 heavy (non-hydrogen) atoms. The first kappa shape index (κ1) is 12.4. The third kappa shape index (κ3) is 1.97. The molecule has 1 aromatic carbocycles. The Bertz CT molecular complexity index is 604. The number of imide groups is 1. The van der Waals surface area contributed by atoms with E-state index in [2.05, 4.69) is 10.6 Å². The van der Waals surface area contributed by atoms with Gasteiger partial charge in [0.1, 0.15) is 0 Å². The van der Waals surface area contributed by atoms with Crippen LogP contribution in [0, 0.1) is 0 Å². The highest BCUT2D eigenvalue weighted by Gasteiger charge is 2.47. The molecule has 3 rings (SSSR count). The number of nitrogens with zero attached hydrogens (tertiary/aromatic N) is 1. The van der Waals surface area contributed by atoms with Gasteiger partial charge in [-0.3, -0.25) is 14.9 Å². The molecule has 0 spiro atoms. The number of carbonyl (C=O) groups is 3. The summed E-state index contributed by atoms with van der Waals surface area (Å²) < 4.78 is -1.09. The molecule has 6 nitrogen and oxygen atoms in total. The van der Waals surface area contributed by atoms with Crippen molar-refractivity contribution in [2.24, 2.45) is 0 Å². The lowest BCUT2D eigenvalue weighted by Gasteiger charge is -2.25. The van der Waals surface area contributed by atoms with Gasteiger partial charge in [0, 0.05) is 12.1 Å². The number of fused-ring (bicyclic) bond motifs is 1. The summed E-state index contributed by atoms with van der Waals surface area (Å²) in [6.07, 6.45) is 0. The Balaban J connectivity index is 1.82. The van der Waals surface area contributed by atoms with Gasteiger partial charge in [0.15, 0.2) is 3.55 Å². The molecule has 1 saturated heterocycles. The molecule has 4 amide bonds. The van der Waals surface area contributed by atoms with Gasteiger partial charge in [0.05, 0.1) is 6.54 Å². The van der Waals surface area contributed by atoms with E-state index in [-0.39, 0.29) is 12.5 Å². The molecule has 1 atom stereocenters. The van der Waals surface area contributed by atoms with Crippen molar-refractivity contribution < 1.29 is 14.4 Å². The SMILES string of the molecule is O=C1NC(=O)C(I)(CN2Cc3ccccc3C2=O)N1. The second-order valence-electron chi connectivity index (χ2n) is 4.53. The highest BCUT2D eigenvalue weighted by atomic mass is 127. The van der Waals surface area contributed by atoms with Gasteiger partial charge in [-0.15, -0.1) is 0 Å². The first-order chi connectivity index (χ1) is 8.99. The Morgan fingerprint density at radius 3 is 2.63 bits per heavy atom. The number of benzene rings is 1. The van der Waals surface area contributed by atoms with Crippen LogP contribution in [0.25, 0.3) is 0 Å². The average molecular weight is 371 g/mol. The second kappa shape index (κ2) is 4.19. The minimum Gasteiger partial charge on any atom is -0.331 e. The quantitative estimate of drug-likeness (QED) is 0.346. The molecule has 1 fully saturated rings. The Kier molecular flexibility index (Phi) is 2.73. The van der Waals surface area contributed by atoms with Crippen LogP contribution >= 0.6 is 22.6 Å². The van der Waals surface area contributed by atoms with Crippen LogP contribution in [0.2, 0.25) is 0 Å². The van der Waals surface area contributed by atoms with Crippen molar-refractivity contribution in [3.8, 4) is 0 Å². The van der Waals surface area contributed by atoms with Crippen LogP contribution < -0.4 is 10.6 Å². The number of urea groups is 1. The molecule has 2 N–H and O–H groups in total. The first-order valence-electron chi connectivity index (χ1n) is 5.69. The number of hydrogen-bond acceptors (Lipinski definition) is 3. The predicted molar refractivity (Wildman–Crippen MR) is 74.6 cm³/mol. The summed E-state index contributed by atoms with van der Waals surface area (Å²) in [7, 11) is 0. The van der Waals surface area contributed by atoms with Gasteiger partial charge in [0.25, 0.3) is 11.8 Å². The fourth-order valence-corrected chi connectivity index (χ4v) is 3.08. The summed E-state index contributed by atoms with van der Waals surface area (Å²) in [5.41, 5.74) is 1.60. The maximum absolute atomic E-state index is 12.2. The molecule has 0 radical (unpaired) electrons. The smallest absolute Gasteiger partial charge is 0.323 e. The monoisotopic (exact) mass is 371 g/mol. The minimum absolute atomic E-state index is 0.111. The fourth-order valence-electron chi connectivity index (χ4n) is 2.29. The normalized spacial score (nSPS) is 25.3. The molecule has 0 saturated carbocycles. The summed E-state index contributed by atoms with van der Waals surface area (Å²) in [5.74, 6) is -0.526. The fraction of sp³-hybridized carbons (Fsp3) is 0.250. The summed E-state index contributed by atoms with van der Waals surface area (Å²) in [6, 6.07) is 6.82. The van der Waals surface area contributed by atoms with Crippen molar-refractivity contribution in [2.75, 3.05) is 6.54 Å². The Labute approximate surface area is 122 Å². The molecular formula is C12H10IN3O3. The third-order valence-corrected chi connectivity index (χ3v) is 4.30. The van der Waals surface area contributed by atoms with Crippen molar-refractivity contribution in [1.29, 1.82) is 0 Å². The third-order valence-electron chi connectivity index (χ3n) is 3.20. The molecule has 1 unspecified atom stereocenters. The highest BCUT2D eigenvalue weighted by molar-refractivity contribution is 14.1. The lowest BCUT2D eigenvalue weighted by Crippen LogP contribution is -2.50. The van der Waals surface area contributed by atoms with Crippen molar-refractivity contribution in [2.45, 2.75) is 10.1 Å². The van der Waals surface area contributed by atoms with Gasteiger partial charge in [-0.1, -0.05) is 18.2 Å². The van der Waals surface area contributed by atoms with Crippen LogP contribution in [-0.4, -0.2) is 32.8 Å². The number of hydrogen-bond donors (Lipinski definition) is 2. The van der Waals surface area contributed by atoms with E-state index in [4.69, 9.17) is 0 Å². The number of rotatable bonds is 2. The van der Waals surface area contributed by atoms with Crippen LogP contribution in [0.1, 0.15) is 15.9 Å². The standard InChI is InChI=1S/C12H10IN3O3/c13-12(10(18)14-11(19)15-12)6-16-5-7-3-1-2-4-8(7)9(16)17/h1-4H,5-6H2,(H2,14,15,18,19). The summed E-state index contributed by atoms with van der Waals surface area (Å²) in [6.45, 7) is 0.613. The van der Waals surface area contributed by atoms with E-state index in [9.17, 15) is 14.4 Å². The molecule has 7 heteroatoms. The van der Waals surface area contributed by atoms with E-state index in [1.54, 1.807) is 11.0 Å². The first-order valence-corrected chi connectivity index (χ1v) is 6.77. The molecule has 0 aromatic heterocycles. The molecule has 98 valence electrons. The van der Waals surface area contributed by atoms with E-state index >= 15 is 0 Å². The minimum atomic E-state index is -1.09. The summed E-state index contributed by atoms with van der Waals surface area (Å²) in [5, 5.41) is 4.73. The van der Waals surface area contributed by atoms with Gasteiger partial charge in [-0.05, 0) is 34.2 Å². The topological polar surface area (TPSA) is 78.5 Å². The highest BCUT2D eigenvalue weighted by Crippen LogP contribution is 2.27. The maximum Gasteiger partial charge on any atom is 0.323 e. The lowest BCUT2D eigenvalue weighted by molar-refractivity contribution is -0.120. The molecule has 2 aliphatic heterocycles. The Morgan fingerprint density at radius 2 is 2.00 bits per heavy atom. The van der Waals surface area contributed by atoms with Crippen LogP contribution in [0.3, 0.4) is 0 Å². The van der Waals surface area contributed by atoms with Gasteiger partial charge in [-0.25, -0.2) is 4.79 Å². The van der Waals surface area contributed by atoms with E-state index in [1.165, 1.54) is 0 Å². The zero-order valence-electron chi connectivity index (χ0n) is 9.77. The van der Waals surface area contributed by atoms with Gasteiger partial charge < -0.3 is 10.2 Å². The van der Waals surface area contributed by atoms with Crippen LogP contribution in [0.15, 0.2) is 24.3 Å². The molecular weight excluding hydrogens is 361 g/mol. The van der Waals surface area contributed by atoms with E-state index in [1.807, 2.05) is 40.8 Å². The molecule has 0 aliphatic carbocycles. The summed E-state index contributed by atoms with van der Waals surface area (Å²) in [4.78, 5) is 36.7. The maximum atomic E-state index is 12.2. The van der Waals surface area contributed by atoms with E-state index < -0.39 is 15.5 Å². The Hall–Kier alpha value is -1.64. The predicted octanol–water partition coefficient (Wildman–Crippen LogP) is 0.613. The second-order valence-corrected chi connectivity index (χ2v) is 6.37. The molecule has 2 aliphatic rings. The van der Waals surface area contributed by atoms with Crippen LogP contribution in [-0.2, 0) is 11.3 Å². The Morgan fingerprint density at radius 1 is 1.26 bits per heavy atom. The molecule has 2 heterocycles. The van der Waals surface area contributed by atoms with Crippen LogP contribution in [0.5, 0.6) is 0 Å². The van der Waals surface area contributed by atoms with Crippen LogP contribution in [0.4, 0.5) is 4.79 Å². The van der Waals surface area contributed by atoms with Crippen molar-refractivity contribution >= 4 is 40.4 Å². The zero-order chi connectivity index (χ0) is 13.6. The van der Waals surface area contributed by atoms with Crippen molar-refractivity contribution in [3.63, 3.8) is 0 Å². The largest absolute Gasteiger partial charge is 0.331 e. The van der Waals surface area contributed by atoms with Gasteiger partial charge in [-0.2, -0.15) is 0 Å². The zero-order valence-corrected chi connectivity index (χ0v) is 11.9. The number of alkyl halides is 1. The number of amides is 4. The number of halogens is 1. The van der Waals surface area contributed by atoms with Crippen molar-refractivity contribution in [1.82, 2.24) is 15.5 Å². The average Bonchev–Trinajstić information content (AvgIpc) is 2.79. The number of carbonyl (C=O) groups excluding carboxylic acids is 3. The van der Waals surface area contributed by atoms with Crippen molar-refractivity contribution in [3.05, 3.63) is 35.4 Å². The van der Waals surface area contributed by atoms with E-state index in [0.29, 0.717) is 12.1 Å². The van der Waals surface area contributed by atoms with E-state index in [0.717, 1.165) is 5.56 Å². The lowest BCUT2D eigenvalue weighted by atomic mass is 10.1. The van der Waals surface area contributed by atoms with Gasteiger partial charge in [0.2, 0.25) is 0 Å². The number of nitrogens with one attached hydrogen (secondary N) is 2. The van der Waals surface area contributed by atoms with Gasteiger partial charge >= 0.3 is 6.03 Å². The molecule has 0 bridgehead atoms.